The van der Waals surface area contributed by atoms with Crippen LogP contribution in [-0.4, -0.2) is 13.7 Å². The Morgan fingerprint density at radius 3 is 3.11 bits per heavy atom. The SMILES string of the molecule is CNC1CCc2c(OCCc3ccsc3)cccc21. The molecule has 1 aliphatic carbocycles. The van der Waals surface area contributed by atoms with Gasteiger partial charge in [-0.15, -0.1) is 0 Å². The predicted molar refractivity (Wildman–Crippen MR) is 80.1 cm³/mol. The van der Waals surface area contributed by atoms with Crippen LogP contribution >= 0.6 is 11.3 Å². The van der Waals surface area contributed by atoms with E-state index >= 15 is 0 Å². The first kappa shape index (κ1) is 12.7. The maximum absolute atomic E-state index is 5.99. The average molecular weight is 273 g/mol. The molecule has 1 N–H and O–H groups in total. The van der Waals surface area contributed by atoms with Crippen molar-refractivity contribution >= 4 is 11.3 Å². The summed E-state index contributed by atoms with van der Waals surface area (Å²) in [5.74, 6) is 1.07. The number of rotatable bonds is 5. The molecule has 3 heteroatoms. The van der Waals surface area contributed by atoms with E-state index in [-0.39, 0.29) is 0 Å². The molecule has 19 heavy (non-hydrogen) atoms. The summed E-state index contributed by atoms with van der Waals surface area (Å²) in [6.07, 6.45) is 3.29. The van der Waals surface area contributed by atoms with Crippen LogP contribution < -0.4 is 10.1 Å². The van der Waals surface area contributed by atoms with Gasteiger partial charge in [-0.25, -0.2) is 0 Å². The summed E-state index contributed by atoms with van der Waals surface area (Å²) in [6, 6.07) is 9.09. The van der Waals surface area contributed by atoms with Crippen LogP contribution in [0.4, 0.5) is 0 Å². The highest BCUT2D eigenvalue weighted by Gasteiger charge is 2.23. The molecule has 0 aliphatic heterocycles. The Bertz CT molecular complexity index is 536. The molecule has 100 valence electrons. The van der Waals surface area contributed by atoms with Crippen LogP contribution in [-0.2, 0) is 12.8 Å². The van der Waals surface area contributed by atoms with E-state index in [1.54, 1.807) is 11.3 Å². The summed E-state index contributed by atoms with van der Waals surface area (Å²) in [6.45, 7) is 0.761. The molecule has 1 aromatic heterocycles. The summed E-state index contributed by atoms with van der Waals surface area (Å²) < 4.78 is 5.99. The Morgan fingerprint density at radius 2 is 2.32 bits per heavy atom. The zero-order chi connectivity index (χ0) is 13.1. The lowest BCUT2D eigenvalue weighted by Gasteiger charge is -2.13. The summed E-state index contributed by atoms with van der Waals surface area (Å²) in [5.41, 5.74) is 4.17. The third-order valence-electron chi connectivity index (χ3n) is 3.80. The Balaban J connectivity index is 1.67. The average Bonchev–Trinajstić information content (AvgIpc) is 3.07. The first-order valence-corrected chi connectivity index (χ1v) is 7.75. The molecule has 0 amide bonds. The molecular formula is C16H19NOS. The highest BCUT2D eigenvalue weighted by atomic mass is 32.1. The molecule has 0 fully saturated rings. The lowest BCUT2D eigenvalue weighted by atomic mass is 10.1. The Morgan fingerprint density at radius 1 is 1.37 bits per heavy atom. The van der Waals surface area contributed by atoms with E-state index in [1.807, 2.05) is 7.05 Å². The van der Waals surface area contributed by atoms with E-state index < -0.39 is 0 Å². The van der Waals surface area contributed by atoms with Crippen LogP contribution in [0.3, 0.4) is 0 Å². The summed E-state index contributed by atoms with van der Waals surface area (Å²) in [4.78, 5) is 0. The zero-order valence-electron chi connectivity index (χ0n) is 11.2. The van der Waals surface area contributed by atoms with Gasteiger partial charge in [0.2, 0.25) is 0 Å². The van der Waals surface area contributed by atoms with Crippen molar-refractivity contribution in [1.82, 2.24) is 5.32 Å². The molecule has 2 aromatic rings. The number of nitrogens with one attached hydrogen (secondary N) is 1. The van der Waals surface area contributed by atoms with E-state index in [9.17, 15) is 0 Å². The number of hydrogen-bond donors (Lipinski definition) is 1. The van der Waals surface area contributed by atoms with Crippen molar-refractivity contribution in [3.05, 3.63) is 51.7 Å². The van der Waals surface area contributed by atoms with Crippen molar-refractivity contribution < 1.29 is 4.74 Å². The van der Waals surface area contributed by atoms with E-state index in [4.69, 9.17) is 4.74 Å². The van der Waals surface area contributed by atoms with Crippen molar-refractivity contribution in [2.24, 2.45) is 0 Å². The van der Waals surface area contributed by atoms with Gasteiger partial charge in [0.05, 0.1) is 6.61 Å². The van der Waals surface area contributed by atoms with Crippen LogP contribution in [0.5, 0.6) is 5.75 Å². The topological polar surface area (TPSA) is 21.3 Å². The van der Waals surface area contributed by atoms with Gasteiger partial charge in [-0.3, -0.25) is 0 Å². The summed E-state index contributed by atoms with van der Waals surface area (Å²) in [5, 5.41) is 7.68. The second-order valence-corrected chi connectivity index (χ2v) is 5.71. The Kier molecular flexibility index (Phi) is 3.85. The first-order chi connectivity index (χ1) is 9.38. The number of ether oxygens (including phenoxy) is 1. The second kappa shape index (κ2) is 5.76. The molecule has 1 unspecified atom stereocenters. The van der Waals surface area contributed by atoms with Crippen LogP contribution in [0.15, 0.2) is 35.0 Å². The van der Waals surface area contributed by atoms with Crippen LogP contribution in [0.2, 0.25) is 0 Å². The molecule has 0 bridgehead atoms. The van der Waals surface area contributed by atoms with E-state index in [1.165, 1.54) is 23.1 Å². The number of thiophene rings is 1. The molecule has 1 heterocycles. The van der Waals surface area contributed by atoms with Gasteiger partial charge in [0.15, 0.2) is 0 Å². The third-order valence-corrected chi connectivity index (χ3v) is 4.54. The molecule has 2 nitrogen and oxygen atoms in total. The fourth-order valence-electron chi connectivity index (χ4n) is 2.77. The molecule has 0 saturated carbocycles. The minimum Gasteiger partial charge on any atom is -0.493 e. The summed E-state index contributed by atoms with van der Waals surface area (Å²) >= 11 is 1.75. The molecule has 0 spiro atoms. The largest absolute Gasteiger partial charge is 0.493 e. The number of fused-ring (bicyclic) bond motifs is 1. The van der Waals surface area contributed by atoms with Crippen molar-refractivity contribution in [2.45, 2.75) is 25.3 Å². The van der Waals surface area contributed by atoms with E-state index in [2.05, 4.69) is 40.3 Å². The normalized spacial score (nSPS) is 17.4. The van der Waals surface area contributed by atoms with Gasteiger partial charge in [0, 0.05) is 12.5 Å². The molecular weight excluding hydrogens is 254 g/mol. The quantitative estimate of drug-likeness (QED) is 0.899. The monoisotopic (exact) mass is 273 g/mol. The van der Waals surface area contributed by atoms with Gasteiger partial charge in [-0.1, -0.05) is 12.1 Å². The lowest BCUT2D eigenvalue weighted by molar-refractivity contribution is 0.319. The zero-order valence-corrected chi connectivity index (χ0v) is 12.0. The van der Waals surface area contributed by atoms with Crippen molar-refractivity contribution in [3.8, 4) is 5.75 Å². The molecule has 1 aromatic carbocycles. The third kappa shape index (κ3) is 2.67. The minimum absolute atomic E-state index is 0.496. The number of benzene rings is 1. The molecule has 0 saturated heterocycles. The smallest absolute Gasteiger partial charge is 0.122 e. The fraction of sp³-hybridized carbons (Fsp3) is 0.375. The number of hydrogen-bond acceptors (Lipinski definition) is 3. The summed E-state index contributed by atoms with van der Waals surface area (Å²) in [7, 11) is 2.03. The van der Waals surface area contributed by atoms with Crippen LogP contribution in [0, 0.1) is 0 Å². The first-order valence-electron chi connectivity index (χ1n) is 6.81. The van der Waals surface area contributed by atoms with Gasteiger partial charge in [0.1, 0.15) is 5.75 Å². The van der Waals surface area contributed by atoms with Gasteiger partial charge >= 0.3 is 0 Å². The van der Waals surface area contributed by atoms with E-state index in [0.29, 0.717) is 6.04 Å². The lowest BCUT2D eigenvalue weighted by Crippen LogP contribution is -2.12. The highest BCUT2D eigenvalue weighted by Crippen LogP contribution is 2.36. The Labute approximate surface area is 118 Å². The van der Waals surface area contributed by atoms with Crippen LogP contribution in [0.25, 0.3) is 0 Å². The van der Waals surface area contributed by atoms with Gasteiger partial charge in [0.25, 0.3) is 0 Å². The van der Waals surface area contributed by atoms with Crippen molar-refractivity contribution in [1.29, 1.82) is 0 Å². The van der Waals surface area contributed by atoms with Gasteiger partial charge in [-0.2, -0.15) is 11.3 Å². The van der Waals surface area contributed by atoms with Crippen LogP contribution in [0.1, 0.15) is 29.2 Å². The fourth-order valence-corrected chi connectivity index (χ4v) is 3.47. The maximum Gasteiger partial charge on any atom is 0.122 e. The van der Waals surface area contributed by atoms with Crippen molar-refractivity contribution in [2.75, 3.05) is 13.7 Å². The molecule has 1 atom stereocenters. The molecule has 1 aliphatic rings. The maximum atomic E-state index is 5.99. The predicted octanol–water partition coefficient (Wildman–Crippen LogP) is 3.58. The minimum atomic E-state index is 0.496. The standard InChI is InChI=1S/C16H19NOS/c1-17-15-6-5-14-13(15)3-2-4-16(14)18-9-7-12-8-10-19-11-12/h2-4,8,10-11,15,17H,5-7,9H2,1H3. The van der Waals surface area contributed by atoms with Gasteiger partial charge < -0.3 is 10.1 Å². The Hall–Kier alpha value is -1.32. The second-order valence-electron chi connectivity index (χ2n) is 4.93. The van der Waals surface area contributed by atoms with Crippen molar-refractivity contribution in [3.63, 3.8) is 0 Å². The van der Waals surface area contributed by atoms with E-state index in [0.717, 1.165) is 25.2 Å². The molecule has 3 rings (SSSR count). The molecule has 0 radical (unpaired) electrons. The highest BCUT2D eigenvalue weighted by molar-refractivity contribution is 7.07. The van der Waals surface area contributed by atoms with Gasteiger partial charge in [-0.05, 0) is 59.5 Å².